The molecular weight excluding hydrogens is 314 g/mol. The van der Waals surface area contributed by atoms with Gasteiger partial charge in [0.1, 0.15) is 5.75 Å². The number of methoxy groups -OCH3 is 1. The van der Waals surface area contributed by atoms with Crippen LogP contribution in [0.1, 0.15) is 55.4 Å². The second kappa shape index (κ2) is 7.30. The summed E-state index contributed by atoms with van der Waals surface area (Å²) in [5, 5.41) is 7.94. The van der Waals surface area contributed by atoms with Crippen LogP contribution in [0.15, 0.2) is 24.3 Å². The first-order valence-corrected chi connectivity index (χ1v) is 9.09. The molecule has 1 fully saturated rings. The molecule has 1 N–H and O–H groups in total. The lowest BCUT2D eigenvalue weighted by Crippen LogP contribution is -2.27. The topological polar surface area (TPSA) is 56.2 Å². The number of amides is 1. The highest BCUT2D eigenvalue weighted by atomic mass is 16.5. The molecule has 3 rings (SSSR count). The predicted octanol–water partition coefficient (Wildman–Crippen LogP) is 3.53. The Kier molecular flexibility index (Phi) is 5.11. The molecule has 1 aliphatic rings. The number of carbonyl (C=O) groups excluding carboxylic acids is 1. The normalized spacial score (nSPS) is 14.0. The molecule has 0 radical (unpaired) electrons. The number of benzene rings is 1. The summed E-state index contributed by atoms with van der Waals surface area (Å²) >= 11 is 0. The number of aromatic nitrogens is 2. The number of nitrogens with one attached hydrogen (secondary N) is 1. The van der Waals surface area contributed by atoms with E-state index in [2.05, 4.69) is 26.1 Å². The summed E-state index contributed by atoms with van der Waals surface area (Å²) in [5.41, 5.74) is 3.58. The summed E-state index contributed by atoms with van der Waals surface area (Å²) in [5.74, 6) is 1.27. The van der Waals surface area contributed by atoms with E-state index in [-0.39, 0.29) is 5.91 Å². The minimum atomic E-state index is 0.0229. The van der Waals surface area contributed by atoms with E-state index in [1.165, 1.54) is 0 Å². The summed E-state index contributed by atoms with van der Waals surface area (Å²) in [6.07, 6.45) is 3.72. The quantitative estimate of drug-likeness (QED) is 0.838. The average molecular weight is 341 g/mol. The Morgan fingerprint density at radius 3 is 2.52 bits per heavy atom. The first-order valence-electron chi connectivity index (χ1n) is 9.09. The highest BCUT2D eigenvalue weighted by molar-refractivity contribution is 5.97. The Labute approximate surface area is 149 Å². The average Bonchev–Trinajstić information content (AvgIpc) is 3.33. The Hall–Kier alpha value is -2.30. The van der Waals surface area contributed by atoms with Gasteiger partial charge in [-0.1, -0.05) is 20.8 Å². The van der Waals surface area contributed by atoms with Gasteiger partial charge in [0, 0.05) is 6.04 Å². The van der Waals surface area contributed by atoms with E-state index in [0.717, 1.165) is 54.1 Å². The lowest BCUT2D eigenvalue weighted by molar-refractivity contribution is 0.0949. The van der Waals surface area contributed by atoms with Crippen molar-refractivity contribution in [2.75, 3.05) is 7.11 Å². The van der Waals surface area contributed by atoms with Gasteiger partial charge in [-0.2, -0.15) is 5.10 Å². The highest BCUT2D eigenvalue weighted by Crippen LogP contribution is 2.25. The van der Waals surface area contributed by atoms with Gasteiger partial charge in [0.2, 0.25) is 0 Å². The van der Waals surface area contributed by atoms with E-state index in [1.807, 2.05) is 28.9 Å². The third-order valence-electron chi connectivity index (χ3n) is 4.45. The summed E-state index contributed by atoms with van der Waals surface area (Å²) in [4.78, 5) is 12.8. The van der Waals surface area contributed by atoms with Crippen molar-refractivity contribution in [1.29, 1.82) is 0 Å². The van der Waals surface area contributed by atoms with Gasteiger partial charge in [-0.25, -0.2) is 4.68 Å². The molecule has 0 atom stereocenters. The van der Waals surface area contributed by atoms with Crippen LogP contribution in [-0.4, -0.2) is 28.8 Å². The Balaban J connectivity index is 2.04. The standard InChI is InChI=1S/C20H27N3O2/c1-5-18-19(20(24)21-14-6-7-14)17(12-13(2)3)22-23(18)15-8-10-16(25-4)11-9-15/h8-11,13-14H,5-7,12H2,1-4H3,(H,21,24). The van der Waals surface area contributed by atoms with Gasteiger partial charge in [-0.05, 0) is 55.9 Å². The number of ether oxygens (including phenoxy) is 1. The number of nitrogens with zero attached hydrogens (tertiary/aromatic N) is 2. The van der Waals surface area contributed by atoms with Gasteiger partial charge in [-0.3, -0.25) is 4.79 Å². The van der Waals surface area contributed by atoms with E-state index in [9.17, 15) is 4.79 Å². The molecular formula is C20H27N3O2. The molecule has 1 saturated carbocycles. The van der Waals surface area contributed by atoms with Crippen LogP contribution in [0.5, 0.6) is 5.75 Å². The maximum atomic E-state index is 12.8. The summed E-state index contributed by atoms with van der Waals surface area (Å²) in [6, 6.07) is 8.14. The molecule has 1 amide bonds. The molecule has 1 aliphatic carbocycles. The number of carbonyl (C=O) groups is 1. The zero-order valence-corrected chi connectivity index (χ0v) is 15.5. The fourth-order valence-electron chi connectivity index (χ4n) is 3.04. The minimum absolute atomic E-state index is 0.0229. The van der Waals surface area contributed by atoms with E-state index < -0.39 is 0 Å². The molecule has 25 heavy (non-hydrogen) atoms. The maximum absolute atomic E-state index is 12.8. The molecule has 134 valence electrons. The van der Waals surface area contributed by atoms with Crippen molar-refractivity contribution in [3.05, 3.63) is 41.2 Å². The summed E-state index contributed by atoms with van der Waals surface area (Å²) in [7, 11) is 1.65. The summed E-state index contributed by atoms with van der Waals surface area (Å²) in [6.45, 7) is 6.38. The third-order valence-corrected chi connectivity index (χ3v) is 4.45. The van der Waals surface area contributed by atoms with Crippen molar-refractivity contribution in [2.24, 2.45) is 5.92 Å². The van der Waals surface area contributed by atoms with Crippen LogP contribution in [0.2, 0.25) is 0 Å². The molecule has 0 unspecified atom stereocenters. The van der Waals surface area contributed by atoms with Gasteiger partial charge in [0.05, 0.1) is 29.7 Å². The fourth-order valence-corrected chi connectivity index (χ4v) is 3.04. The van der Waals surface area contributed by atoms with E-state index in [4.69, 9.17) is 9.84 Å². The minimum Gasteiger partial charge on any atom is -0.497 e. The van der Waals surface area contributed by atoms with Crippen molar-refractivity contribution < 1.29 is 9.53 Å². The van der Waals surface area contributed by atoms with Crippen LogP contribution >= 0.6 is 0 Å². The molecule has 0 spiro atoms. The van der Waals surface area contributed by atoms with Crippen LogP contribution in [0.3, 0.4) is 0 Å². The molecule has 1 aromatic heterocycles. The Morgan fingerprint density at radius 2 is 2.00 bits per heavy atom. The fraction of sp³-hybridized carbons (Fsp3) is 0.500. The number of rotatable bonds is 7. The molecule has 1 aromatic carbocycles. The van der Waals surface area contributed by atoms with Crippen molar-refractivity contribution in [2.45, 2.75) is 52.5 Å². The van der Waals surface area contributed by atoms with Crippen LogP contribution < -0.4 is 10.1 Å². The van der Waals surface area contributed by atoms with E-state index in [1.54, 1.807) is 7.11 Å². The smallest absolute Gasteiger partial charge is 0.255 e. The molecule has 5 heteroatoms. The van der Waals surface area contributed by atoms with Gasteiger partial charge in [-0.15, -0.1) is 0 Å². The van der Waals surface area contributed by atoms with E-state index in [0.29, 0.717) is 12.0 Å². The van der Waals surface area contributed by atoms with Crippen LogP contribution in [0, 0.1) is 5.92 Å². The molecule has 0 saturated heterocycles. The van der Waals surface area contributed by atoms with Crippen molar-refractivity contribution in [1.82, 2.24) is 15.1 Å². The van der Waals surface area contributed by atoms with Gasteiger partial charge in [0.25, 0.3) is 5.91 Å². The van der Waals surface area contributed by atoms with Crippen LogP contribution in [-0.2, 0) is 12.8 Å². The molecule has 5 nitrogen and oxygen atoms in total. The van der Waals surface area contributed by atoms with Crippen molar-refractivity contribution in [3.63, 3.8) is 0 Å². The second-order valence-corrected chi connectivity index (χ2v) is 7.08. The molecule has 2 aromatic rings. The molecule has 0 bridgehead atoms. The monoisotopic (exact) mass is 341 g/mol. The largest absolute Gasteiger partial charge is 0.497 e. The first kappa shape index (κ1) is 17.5. The lowest BCUT2D eigenvalue weighted by Gasteiger charge is -2.09. The van der Waals surface area contributed by atoms with E-state index >= 15 is 0 Å². The van der Waals surface area contributed by atoms with Crippen LogP contribution in [0.4, 0.5) is 0 Å². The first-order chi connectivity index (χ1) is 12.0. The second-order valence-electron chi connectivity index (χ2n) is 7.08. The van der Waals surface area contributed by atoms with Gasteiger partial charge < -0.3 is 10.1 Å². The number of hydrogen-bond acceptors (Lipinski definition) is 3. The van der Waals surface area contributed by atoms with Crippen molar-refractivity contribution in [3.8, 4) is 11.4 Å². The predicted molar refractivity (Wildman–Crippen MR) is 98.5 cm³/mol. The van der Waals surface area contributed by atoms with Crippen LogP contribution in [0.25, 0.3) is 5.69 Å². The SMILES string of the molecule is CCc1c(C(=O)NC2CC2)c(CC(C)C)nn1-c1ccc(OC)cc1. The Morgan fingerprint density at radius 1 is 1.32 bits per heavy atom. The zero-order valence-electron chi connectivity index (χ0n) is 15.5. The maximum Gasteiger partial charge on any atom is 0.255 e. The third kappa shape index (κ3) is 3.86. The zero-order chi connectivity index (χ0) is 18.0. The molecule has 0 aliphatic heterocycles. The lowest BCUT2D eigenvalue weighted by atomic mass is 10.0. The highest BCUT2D eigenvalue weighted by Gasteiger charge is 2.29. The van der Waals surface area contributed by atoms with Gasteiger partial charge in [0.15, 0.2) is 0 Å². The number of hydrogen-bond donors (Lipinski definition) is 1. The van der Waals surface area contributed by atoms with Crippen molar-refractivity contribution >= 4 is 5.91 Å². The Bertz CT molecular complexity index is 743. The van der Waals surface area contributed by atoms with Gasteiger partial charge >= 0.3 is 0 Å². The molecule has 1 heterocycles. The summed E-state index contributed by atoms with van der Waals surface area (Å²) < 4.78 is 7.15.